The molecule has 0 fully saturated rings. The van der Waals surface area contributed by atoms with Gasteiger partial charge in [0, 0.05) is 45.6 Å². The van der Waals surface area contributed by atoms with Crippen molar-refractivity contribution < 1.29 is 14.5 Å². The van der Waals surface area contributed by atoms with Gasteiger partial charge in [0.25, 0.3) is 5.91 Å². The third-order valence-corrected chi connectivity index (χ3v) is 6.68. The first kappa shape index (κ1) is 24.2. The second kappa shape index (κ2) is 9.87. The van der Waals surface area contributed by atoms with E-state index in [9.17, 15) is 19.7 Å². The number of nitro groups is 1. The third-order valence-electron chi connectivity index (χ3n) is 6.44. The summed E-state index contributed by atoms with van der Waals surface area (Å²) in [4.78, 5) is 44.2. The highest BCUT2D eigenvalue weighted by Gasteiger charge is 2.24. The highest BCUT2D eigenvalue weighted by Crippen LogP contribution is 2.32. The number of fused-ring (bicyclic) bond motifs is 2. The van der Waals surface area contributed by atoms with Gasteiger partial charge in [-0.1, -0.05) is 41.4 Å². The van der Waals surface area contributed by atoms with Crippen molar-refractivity contribution in [2.24, 2.45) is 5.73 Å². The Morgan fingerprint density at radius 1 is 1.14 bits per heavy atom. The normalized spacial score (nSPS) is 14.2. The Morgan fingerprint density at radius 2 is 1.95 bits per heavy atom. The number of aromatic amines is 1. The molecular formula is C27H22ClN5O4. The minimum absolute atomic E-state index is 0.109. The Labute approximate surface area is 216 Å². The lowest BCUT2D eigenvalue weighted by molar-refractivity contribution is -0.428. The second-order valence-electron chi connectivity index (χ2n) is 8.84. The fraction of sp³-hybridized carbons (Fsp3) is 0.148. The Kier molecular flexibility index (Phi) is 6.45. The van der Waals surface area contributed by atoms with Crippen LogP contribution in [0.4, 0.5) is 0 Å². The summed E-state index contributed by atoms with van der Waals surface area (Å²) in [5, 5.41) is 15.8. The van der Waals surface area contributed by atoms with Crippen LogP contribution in [0.1, 0.15) is 29.6 Å². The molecule has 2 amide bonds. The van der Waals surface area contributed by atoms with Crippen LogP contribution in [0, 0.1) is 10.1 Å². The molecule has 1 aliphatic carbocycles. The Hall–Kier alpha value is -4.50. The first-order chi connectivity index (χ1) is 17.8. The van der Waals surface area contributed by atoms with E-state index in [-0.39, 0.29) is 18.5 Å². The first-order valence-corrected chi connectivity index (χ1v) is 12.0. The predicted molar refractivity (Wildman–Crippen MR) is 142 cm³/mol. The molecule has 0 saturated heterocycles. The SMILES string of the molecule is NC(=O)C(CC1=CC=C([N+](=O)[O-])CC1)NC(=O)c1cc(-c2c[nH]c3ccc(Cl)cc23)nc2ccccc12. The number of pyridine rings is 1. The van der Waals surface area contributed by atoms with E-state index in [2.05, 4.69) is 10.3 Å². The first-order valence-electron chi connectivity index (χ1n) is 11.6. The van der Waals surface area contributed by atoms with Gasteiger partial charge in [0.15, 0.2) is 0 Å². The van der Waals surface area contributed by atoms with Gasteiger partial charge in [0.05, 0.1) is 21.7 Å². The number of hydrogen-bond acceptors (Lipinski definition) is 5. The topological polar surface area (TPSA) is 144 Å². The molecule has 0 saturated carbocycles. The van der Waals surface area contributed by atoms with Gasteiger partial charge < -0.3 is 16.0 Å². The van der Waals surface area contributed by atoms with Gasteiger partial charge in [0.1, 0.15) is 6.04 Å². The van der Waals surface area contributed by atoms with Crippen molar-refractivity contribution in [3.05, 3.63) is 98.9 Å². The monoisotopic (exact) mass is 515 g/mol. The molecule has 10 heteroatoms. The largest absolute Gasteiger partial charge is 0.368 e. The van der Waals surface area contributed by atoms with E-state index in [0.717, 1.165) is 22.0 Å². The van der Waals surface area contributed by atoms with Gasteiger partial charge in [-0.05, 0) is 43.2 Å². The Balaban J connectivity index is 1.49. The molecule has 9 nitrogen and oxygen atoms in total. The summed E-state index contributed by atoms with van der Waals surface area (Å²) in [6.45, 7) is 0. The zero-order chi connectivity index (χ0) is 26.1. The fourth-order valence-electron chi connectivity index (χ4n) is 4.52. The van der Waals surface area contributed by atoms with Gasteiger partial charge in [-0.2, -0.15) is 0 Å². The van der Waals surface area contributed by atoms with E-state index >= 15 is 0 Å². The molecule has 0 radical (unpaired) electrons. The maximum Gasteiger partial charge on any atom is 0.252 e. The van der Waals surface area contributed by atoms with Crippen LogP contribution in [-0.4, -0.2) is 32.7 Å². The smallest absolute Gasteiger partial charge is 0.252 e. The molecule has 4 aromatic rings. The maximum atomic E-state index is 13.5. The molecule has 37 heavy (non-hydrogen) atoms. The number of amides is 2. The number of halogens is 1. The van der Waals surface area contributed by atoms with Crippen LogP contribution in [0.3, 0.4) is 0 Å². The maximum absolute atomic E-state index is 13.5. The van der Waals surface area contributed by atoms with Crippen molar-refractivity contribution in [3.63, 3.8) is 0 Å². The zero-order valence-electron chi connectivity index (χ0n) is 19.5. The predicted octanol–water partition coefficient (Wildman–Crippen LogP) is 4.89. The lowest BCUT2D eigenvalue weighted by Gasteiger charge is -2.19. The summed E-state index contributed by atoms with van der Waals surface area (Å²) in [7, 11) is 0. The number of allylic oxidation sites excluding steroid dienone is 3. The van der Waals surface area contributed by atoms with Gasteiger partial charge in [-0.3, -0.25) is 19.7 Å². The molecule has 0 aliphatic heterocycles. The van der Waals surface area contributed by atoms with E-state index in [0.29, 0.717) is 33.6 Å². The van der Waals surface area contributed by atoms with Gasteiger partial charge in [-0.15, -0.1) is 0 Å². The van der Waals surface area contributed by atoms with Crippen molar-refractivity contribution in [3.8, 4) is 11.3 Å². The summed E-state index contributed by atoms with van der Waals surface area (Å²) >= 11 is 6.22. The van der Waals surface area contributed by atoms with Crippen molar-refractivity contribution in [1.82, 2.24) is 15.3 Å². The fourth-order valence-corrected chi connectivity index (χ4v) is 4.69. The van der Waals surface area contributed by atoms with Crippen LogP contribution in [0.15, 0.2) is 78.1 Å². The number of rotatable bonds is 7. The number of para-hydroxylation sites is 1. The highest BCUT2D eigenvalue weighted by atomic mass is 35.5. The number of nitrogens with zero attached hydrogens (tertiary/aromatic N) is 2. The molecule has 5 rings (SSSR count). The number of nitrogens with one attached hydrogen (secondary N) is 2. The van der Waals surface area contributed by atoms with Crippen molar-refractivity contribution >= 4 is 45.2 Å². The number of carbonyl (C=O) groups is 2. The highest BCUT2D eigenvalue weighted by molar-refractivity contribution is 6.31. The Morgan fingerprint density at radius 3 is 2.68 bits per heavy atom. The van der Waals surface area contributed by atoms with E-state index in [4.69, 9.17) is 22.3 Å². The quantitative estimate of drug-likeness (QED) is 0.237. The van der Waals surface area contributed by atoms with Gasteiger partial charge in [0.2, 0.25) is 11.6 Å². The average molecular weight is 516 g/mol. The zero-order valence-corrected chi connectivity index (χ0v) is 20.3. The lowest BCUT2D eigenvalue weighted by Crippen LogP contribution is -2.44. The van der Waals surface area contributed by atoms with Crippen LogP contribution in [0.25, 0.3) is 33.1 Å². The van der Waals surface area contributed by atoms with Crippen LogP contribution >= 0.6 is 11.6 Å². The molecule has 2 aromatic carbocycles. The molecule has 1 unspecified atom stereocenters. The number of benzene rings is 2. The van der Waals surface area contributed by atoms with E-state index < -0.39 is 22.8 Å². The van der Waals surface area contributed by atoms with E-state index in [1.165, 1.54) is 6.08 Å². The van der Waals surface area contributed by atoms with E-state index in [1.807, 2.05) is 36.5 Å². The second-order valence-corrected chi connectivity index (χ2v) is 9.27. The summed E-state index contributed by atoms with van der Waals surface area (Å²) in [5.41, 5.74) is 9.71. The minimum atomic E-state index is -0.980. The molecule has 186 valence electrons. The third kappa shape index (κ3) is 4.94. The number of carbonyl (C=O) groups excluding carboxylic acids is 2. The van der Waals surface area contributed by atoms with Crippen LogP contribution < -0.4 is 11.1 Å². The molecule has 1 atom stereocenters. The number of aromatic nitrogens is 2. The summed E-state index contributed by atoms with van der Waals surface area (Å²) in [6.07, 6.45) is 5.69. The molecule has 0 bridgehead atoms. The molecule has 2 aromatic heterocycles. The molecule has 0 spiro atoms. The minimum Gasteiger partial charge on any atom is -0.368 e. The lowest BCUT2D eigenvalue weighted by atomic mass is 9.95. The number of nitrogens with two attached hydrogens (primary N) is 1. The standard InChI is InChI=1S/C27H22ClN5O4/c28-16-7-10-22-19(12-16)21(14-30-22)24-13-20(18-3-1-2-4-23(18)31-24)27(35)32-25(26(29)34)11-15-5-8-17(9-6-15)33(36)37/h1-5,7-8,10,12-14,25,30H,6,9,11H2,(H2,29,34)(H,32,35). The summed E-state index contributed by atoms with van der Waals surface area (Å²) in [6, 6.07) is 13.4. The van der Waals surface area contributed by atoms with Gasteiger partial charge in [-0.25, -0.2) is 4.98 Å². The number of H-pyrrole nitrogens is 1. The Bertz CT molecular complexity index is 1640. The molecular weight excluding hydrogens is 494 g/mol. The molecule has 1 aliphatic rings. The molecule has 2 heterocycles. The van der Waals surface area contributed by atoms with E-state index in [1.54, 1.807) is 24.3 Å². The van der Waals surface area contributed by atoms with Crippen LogP contribution in [0.5, 0.6) is 0 Å². The average Bonchev–Trinajstić information content (AvgIpc) is 3.30. The van der Waals surface area contributed by atoms with Crippen LogP contribution in [0.2, 0.25) is 5.02 Å². The molecule has 4 N–H and O–H groups in total. The summed E-state index contributed by atoms with van der Waals surface area (Å²) < 4.78 is 0. The van der Waals surface area contributed by atoms with Crippen LogP contribution in [-0.2, 0) is 4.79 Å². The van der Waals surface area contributed by atoms with Crippen molar-refractivity contribution in [1.29, 1.82) is 0 Å². The number of primary amides is 1. The summed E-state index contributed by atoms with van der Waals surface area (Å²) in [5.74, 6) is -1.16. The van der Waals surface area contributed by atoms with Crippen molar-refractivity contribution in [2.75, 3.05) is 0 Å². The number of hydrogen-bond donors (Lipinski definition) is 3. The van der Waals surface area contributed by atoms with Gasteiger partial charge >= 0.3 is 0 Å². The van der Waals surface area contributed by atoms with Crippen molar-refractivity contribution in [2.45, 2.75) is 25.3 Å².